The normalized spacial score (nSPS) is 20.9. The Morgan fingerprint density at radius 2 is 1.79 bits per heavy atom. The van der Waals surface area contributed by atoms with Crippen molar-refractivity contribution in [2.45, 2.75) is 45.2 Å². The molecule has 1 amide bonds. The molecule has 0 radical (unpaired) electrons. The van der Waals surface area contributed by atoms with E-state index in [4.69, 9.17) is 5.73 Å². The van der Waals surface area contributed by atoms with Gasteiger partial charge in [-0.3, -0.25) is 4.79 Å². The van der Waals surface area contributed by atoms with Crippen LogP contribution in [0, 0.1) is 13.8 Å². The zero-order chi connectivity index (χ0) is 17.1. The molecule has 0 saturated carbocycles. The number of likely N-dealkylation sites (tertiary alicyclic amines) is 1. The minimum Gasteiger partial charge on any atom is -0.335 e. The zero-order valence-corrected chi connectivity index (χ0v) is 14.5. The van der Waals surface area contributed by atoms with E-state index in [1.165, 1.54) is 5.56 Å². The van der Waals surface area contributed by atoms with Crippen LogP contribution in [0.15, 0.2) is 48.5 Å². The lowest BCUT2D eigenvalue weighted by Crippen LogP contribution is -2.50. The van der Waals surface area contributed by atoms with Crippen LogP contribution in [0.5, 0.6) is 0 Å². The molecule has 2 N–H and O–H groups in total. The molecule has 1 fully saturated rings. The van der Waals surface area contributed by atoms with Crippen LogP contribution < -0.4 is 5.73 Å². The third-order valence-corrected chi connectivity index (χ3v) is 4.80. The number of rotatable bonds is 3. The number of aryl methyl sites for hydroxylation is 2. The van der Waals surface area contributed by atoms with Crippen molar-refractivity contribution in [1.29, 1.82) is 0 Å². The highest BCUT2D eigenvalue weighted by Gasteiger charge is 2.30. The van der Waals surface area contributed by atoms with Gasteiger partial charge in [-0.25, -0.2) is 0 Å². The Labute approximate surface area is 144 Å². The predicted octanol–water partition coefficient (Wildman–Crippen LogP) is 3.48. The Kier molecular flexibility index (Phi) is 5.00. The molecule has 2 aromatic rings. The van der Waals surface area contributed by atoms with Crippen molar-refractivity contribution >= 4 is 5.91 Å². The van der Waals surface area contributed by atoms with Gasteiger partial charge in [-0.05, 0) is 50.8 Å². The molecule has 0 aliphatic carbocycles. The lowest BCUT2D eigenvalue weighted by Gasteiger charge is -2.38. The highest BCUT2D eigenvalue weighted by Crippen LogP contribution is 2.23. The van der Waals surface area contributed by atoms with Crippen LogP contribution in [0.2, 0.25) is 0 Å². The molecule has 3 nitrogen and oxygen atoms in total. The summed E-state index contributed by atoms with van der Waals surface area (Å²) in [5.41, 5.74) is 10.5. The summed E-state index contributed by atoms with van der Waals surface area (Å²) in [5.74, 6) is 0.134. The molecule has 1 saturated heterocycles. The van der Waals surface area contributed by atoms with E-state index in [0.29, 0.717) is 0 Å². The summed E-state index contributed by atoms with van der Waals surface area (Å²) in [5, 5.41) is 0. The molecule has 1 aliphatic heterocycles. The Morgan fingerprint density at radius 1 is 1.12 bits per heavy atom. The first-order valence-electron chi connectivity index (χ1n) is 8.71. The van der Waals surface area contributed by atoms with E-state index >= 15 is 0 Å². The third kappa shape index (κ3) is 3.85. The highest BCUT2D eigenvalue weighted by molar-refractivity contribution is 5.95. The number of hydrogen-bond donors (Lipinski definition) is 1. The molecule has 0 unspecified atom stereocenters. The van der Waals surface area contributed by atoms with Crippen molar-refractivity contribution in [1.82, 2.24) is 4.90 Å². The van der Waals surface area contributed by atoms with Crippen LogP contribution in [0.25, 0.3) is 0 Å². The van der Waals surface area contributed by atoms with E-state index in [-0.39, 0.29) is 18.0 Å². The molecule has 2 aromatic carbocycles. The Bertz CT molecular complexity index is 691. The molecule has 1 heterocycles. The van der Waals surface area contributed by atoms with Gasteiger partial charge in [0.05, 0.1) is 0 Å². The van der Waals surface area contributed by atoms with Gasteiger partial charge in [0.1, 0.15) is 0 Å². The summed E-state index contributed by atoms with van der Waals surface area (Å²) in [6, 6.07) is 16.8. The standard InChI is InChI=1S/C21H26N2O/c1-15-10-16(2)12-18(11-15)21(24)23-9-8-19(22)14-20(23)13-17-6-4-3-5-7-17/h3-7,10-12,19-20H,8-9,13-14,22H2,1-2H3/t19-,20+/m0/s1. The lowest BCUT2D eigenvalue weighted by molar-refractivity contribution is 0.0595. The smallest absolute Gasteiger partial charge is 0.254 e. The zero-order valence-electron chi connectivity index (χ0n) is 14.5. The number of benzene rings is 2. The van der Waals surface area contributed by atoms with E-state index in [1.807, 2.05) is 49.1 Å². The van der Waals surface area contributed by atoms with Gasteiger partial charge in [-0.1, -0.05) is 47.5 Å². The topological polar surface area (TPSA) is 46.3 Å². The Morgan fingerprint density at radius 3 is 2.46 bits per heavy atom. The van der Waals surface area contributed by atoms with Crippen molar-refractivity contribution in [3.05, 3.63) is 70.8 Å². The average molecular weight is 322 g/mol. The maximum Gasteiger partial charge on any atom is 0.254 e. The maximum atomic E-state index is 13.1. The molecule has 126 valence electrons. The van der Waals surface area contributed by atoms with Crippen LogP contribution in [-0.4, -0.2) is 29.4 Å². The highest BCUT2D eigenvalue weighted by atomic mass is 16.2. The van der Waals surface area contributed by atoms with Crippen LogP contribution >= 0.6 is 0 Å². The Hall–Kier alpha value is -2.13. The number of carbonyl (C=O) groups is 1. The quantitative estimate of drug-likeness (QED) is 0.940. The molecule has 3 rings (SSSR count). The summed E-state index contributed by atoms with van der Waals surface area (Å²) in [7, 11) is 0. The van der Waals surface area contributed by atoms with Gasteiger partial charge in [0, 0.05) is 24.2 Å². The molecular weight excluding hydrogens is 296 g/mol. The molecule has 0 aromatic heterocycles. The molecule has 24 heavy (non-hydrogen) atoms. The monoisotopic (exact) mass is 322 g/mol. The van der Waals surface area contributed by atoms with Crippen LogP contribution in [0.3, 0.4) is 0 Å². The van der Waals surface area contributed by atoms with Crippen molar-refractivity contribution in [3.8, 4) is 0 Å². The van der Waals surface area contributed by atoms with Crippen LogP contribution in [0.4, 0.5) is 0 Å². The fourth-order valence-corrected chi connectivity index (χ4v) is 3.69. The van der Waals surface area contributed by atoms with Gasteiger partial charge in [-0.15, -0.1) is 0 Å². The first-order valence-corrected chi connectivity index (χ1v) is 8.71. The number of carbonyl (C=O) groups excluding carboxylic acids is 1. The third-order valence-electron chi connectivity index (χ3n) is 4.80. The van der Waals surface area contributed by atoms with E-state index in [1.54, 1.807) is 0 Å². The second-order valence-corrected chi connectivity index (χ2v) is 7.00. The van der Waals surface area contributed by atoms with Gasteiger partial charge in [-0.2, -0.15) is 0 Å². The molecule has 2 atom stereocenters. The maximum absolute atomic E-state index is 13.1. The van der Waals surface area contributed by atoms with E-state index < -0.39 is 0 Å². The second-order valence-electron chi connectivity index (χ2n) is 7.00. The summed E-state index contributed by atoms with van der Waals surface area (Å²) in [6.45, 7) is 4.82. The van der Waals surface area contributed by atoms with E-state index in [9.17, 15) is 4.79 Å². The van der Waals surface area contributed by atoms with Crippen molar-refractivity contribution < 1.29 is 4.79 Å². The molecule has 1 aliphatic rings. The summed E-state index contributed by atoms with van der Waals surface area (Å²) >= 11 is 0. The molecule has 0 bridgehead atoms. The first kappa shape index (κ1) is 16.7. The fourth-order valence-electron chi connectivity index (χ4n) is 3.69. The van der Waals surface area contributed by atoms with Gasteiger partial charge < -0.3 is 10.6 Å². The number of hydrogen-bond acceptors (Lipinski definition) is 2. The molecule has 0 spiro atoms. The first-order chi connectivity index (χ1) is 11.5. The largest absolute Gasteiger partial charge is 0.335 e. The average Bonchev–Trinajstić information content (AvgIpc) is 2.54. The van der Waals surface area contributed by atoms with E-state index in [2.05, 4.69) is 18.2 Å². The van der Waals surface area contributed by atoms with Crippen LogP contribution in [-0.2, 0) is 6.42 Å². The number of nitrogens with zero attached hydrogens (tertiary/aromatic N) is 1. The summed E-state index contributed by atoms with van der Waals surface area (Å²) < 4.78 is 0. The van der Waals surface area contributed by atoms with Gasteiger partial charge in [0.25, 0.3) is 5.91 Å². The second kappa shape index (κ2) is 7.18. The van der Waals surface area contributed by atoms with Gasteiger partial charge >= 0.3 is 0 Å². The SMILES string of the molecule is Cc1cc(C)cc(C(=O)N2CC[C@H](N)C[C@H]2Cc2ccccc2)c1. The van der Waals surface area contributed by atoms with Crippen molar-refractivity contribution in [2.75, 3.05) is 6.54 Å². The number of piperidine rings is 1. The minimum absolute atomic E-state index is 0.134. The van der Waals surface area contributed by atoms with E-state index in [0.717, 1.165) is 42.5 Å². The number of amides is 1. The number of nitrogens with two attached hydrogens (primary N) is 1. The summed E-state index contributed by atoms with van der Waals surface area (Å²) in [4.78, 5) is 15.1. The van der Waals surface area contributed by atoms with Crippen LogP contribution in [0.1, 0.15) is 39.9 Å². The molecular formula is C21H26N2O. The molecule has 3 heteroatoms. The van der Waals surface area contributed by atoms with Gasteiger partial charge in [0.2, 0.25) is 0 Å². The fraction of sp³-hybridized carbons (Fsp3) is 0.381. The Balaban J connectivity index is 1.84. The lowest BCUT2D eigenvalue weighted by atomic mass is 9.91. The van der Waals surface area contributed by atoms with Crippen molar-refractivity contribution in [2.24, 2.45) is 5.73 Å². The minimum atomic E-state index is 0.134. The summed E-state index contributed by atoms with van der Waals surface area (Å²) in [6.07, 6.45) is 2.61. The predicted molar refractivity (Wildman–Crippen MR) is 98.1 cm³/mol. The van der Waals surface area contributed by atoms with Crippen molar-refractivity contribution in [3.63, 3.8) is 0 Å². The van der Waals surface area contributed by atoms with Gasteiger partial charge in [0.15, 0.2) is 0 Å².